The van der Waals surface area contributed by atoms with Crippen molar-refractivity contribution in [3.05, 3.63) is 46.9 Å². The number of hydrogen-bond acceptors (Lipinski definition) is 3. The van der Waals surface area contributed by atoms with Crippen molar-refractivity contribution in [2.45, 2.75) is 103 Å². The van der Waals surface area contributed by atoms with Gasteiger partial charge in [0.25, 0.3) is 0 Å². The van der Waals surface area contributed by atoms with E-state index in [1.165, 1.54) is 89.5 Å². The smallest absolute Gasteiger partial charge is 0.224 e. The molecule has 4 heteroatoms. The molecule has 1 aromatic rings. The lowest BCUT2D eigenvalue weighted by atomic mass is 10.0. The van der Waals surface area contributed by atoms with Crippen LogP contribution >= 0.6 is 0 Å². The molecule has 31 heavy (non-hydrogen) atoms. The fourth-order valence-corrected chi connectivity index (χ4v) is 3.72. The Hall–Kier alpha value is -2.10. The Kier molecular flexibility index (Phi) is 16.2. The predicted molar refractivity (Wildman–Crippen MR) is 132 cm³/mol. The number of pyridine rings is 1. The highest BCUT2D eigenvalue weighted by Gasteiger charge is 2.10. The van der Waals surface area contributed by atoms with Crippen LogP contribution in [0.5, 0.6) is 5.75 Å². The van der Waals surface area contributed by atoms with E-state index in [-0.39, 0.29) is 23.5 Å². The maximum Gasteiger partial charge on any atom is 0.224 e. The third kappa shape index (κ3) is 12.4. The Morgan fingerprint density at radius 1 is 0.903 bits per heavy atom. The minimum atomic E-state index is -0.291. The van der Waals surface area contributed by atoms with Crippen LogP contribution in [0.15, 0.2) is 35.8 Å². The molecule has 0 aliphatic heterocycles. The largest absolute Gasteiger partial charge is 0.483 e. The van der Waals surface area contributed by atoms with Crippen LogP contribution in [-0.2, 0) is 0 Å². The summed E-state index contributed by atoms with van der Waals surface area (Å²) in [6.45, 7) is 6.04. The lowest BCUT2D eigenvalue weighted by Gasteiger charge is -2.09. The molecule has 1 rings (SSSR count). The Labute approximate surface area is 189 Å². The van der Waals surface area contributed by atoms with Crippen molar-refractivity contribution in [3.63, 3.8) is 0 Å². The molecule has 0 N–H and O–H groups in total. The summed E-state index contributed by atoms with van der Waals surface area (Å²) < 4.78 is 7.01. The van der Waals surface area contributed by atoms with Gasteiger partial charge in [0, 0.05) is 18.5 Å². The highest BCUT2D eigenvalue weighted by molar-refractivity contribution is 5.77. The van der Waals surface area contributed by atoms with Crippen LogP contribution in [0.3, 0.4) is 0 Å². The van der Waals surface area contributed by atoms with Gasteiger partial charge in [-0.25, -0.2) is 0 Å². The number of rotatable bonds is 20. The SMILES string of the molecule is C=CCOc1c(C=O)n(C=CCCCCCCCCCCCCCCCC)ccc1=O. The summed E-state index contributed by atoms with van der Waals surface area (Å²) in [5, 5.41) is 0. The molecule has 1 heterocycles. The van der Waals surface area contributed by atoms with E-state index < -0.39 is 0 Å². The van der Waals surface area contributed by atoms with E-state index in [9.17, 15) is 9.59 Å². The Morgan fingerprint density at radius 3 is 1.97 bits per heavy atom. The van der Waals surface area contributed by atoms with Crippen LogP contribution in [0.2, 0.25) is 0 Å². The third-order valence-electron chi connectivity index (χ3n) is 5.57. The molecule has 0 aliphatic rings. The van der Waals surface area contributed by atoms with Crippen molar-refractivity contribution in [1.82, 2.24) is 4.57 Å². The third-order valence-corrected chi connectivity index (χ3v) is 5.57. The van der Waals surface area contributed by atoms with Crippen LogP contribution in [0.1, 0.15) is 114 Å². The molecule has 4 nitrogen and oxygen atoms in total. The first kappa shape index (κ1) is 26.9. The number of unbranched alkanes of at least 4 members (excludes halogenated alkanes) is 14. The van der Waals surface area contributed by atoms with Crippen molar-refractivity contribution in [1.29, 1.82) is 0 Å². The first-order chi connectivity index (χ1) is 15.2. The molecule has 0 aromatic carbocycles. The van der Waals surface area contributed by atoms with Crippen molar-refractivity contribution in [2.24, 2.45) is 0 Å². The number of ether oxygens (including phenoxy) is 1. The van der Waals surface area contributed by atoms with Crippen molar-refractivity contribution in [3.8, 4) is 5.75 Å². The van der Waals surface area contributed by atoms with E-state index in [2.05, 4.69) is 19.6 Å². The van der Waals surface area contributed by atoms with Gasteiger partial charge in [0.1, 0.15) is 12.3 Å². The standard InChI is InChI=1S/C27H43NO3/c1-3-5-6-7-8-9-10-11-12-13-14-15-16-17-18-19-21-28-22-20-26(30)27(25(28)24-29)31-23-4-2/h4,19-22,24H,2-3,5-18,23H2,1H3. The zero-order chi connectivity index (χ0) is 22.6. The van der Waals surface area contributed by atoms with Gasteiger partial charge in [-0.15, -0.1) is 0 Å². The van der Waals surface area contributed by atoms with Crippen molar-refractivity contribution < 1.29 is 9.53 Å². The summed E-state index contributed by atoms with van der Waals surface area (Å²) in [6.07, 6.45) is 27.6. The summed E-state index contributed by atoms with van der Waals surface area (Å²) in [5.74, 6) is 0.0820. The average molecular weight is 430 g/mol. The van der Waals surface area contributed by atoms with Gasteiger partial charge in [-0.3, -0.25) is 9.59 Å². The monoisotopic (exact) mass is 429 g/mol. The summed E-state index contributed by atoms with van der Waals surface area (Å²) in [4.78, 5) is 23.4. The number of nitrogens with zero attached hydrogens (tertiary/aromatic N) is 1. The topological polar surface area (TPSA) is 48.3 Å². The zero-order valence-corrected chi connectivity index (χ0v) is 19.7. The van der Waals surface area contributed by atoms with E-state index in [4.69, 9.17) is 4.74 Å². The molecule has 174 valence electrons. The first-order valence-electron chi connectivity index (χ1n) is 12.3. The van der Waals surface area contributed by atoms with Crippen LogP contribution in [0.25, 0.3) is 6.20 Å². The summed E-state index contributed by atoms with van der Waals surface area (Å²) in [6, 6.07) is 1.42. The van der Waals surface area contributed by atoms with Gasteiger partial charge >= 0.3 is 0 Å². The molecule has 0 amide bonds. The summed E-state index contributed by atoms with van der Waals surface area (Å²) in [7, 11) is 0. The van der Waals surface area contributed by atoms with Crippen LogP contribution in [-0.4, -0.2) is 17.5 Å². The maximum absolute atomic E-state index is 11.9. The zero-order valence-electron chi connectivity index (χ0n) is 19.7. The normalized spacial score (nSPS) is 11.1. The molecule has 0 bridgehead atoms. The molecule has 0 unspecified atom stereocenters. The van der Waals surface area contributed by atoms with Crippen LogP contribution in [0.4, 0.5) is 0 Å². The van der Waals surface area contributed by atoms with E-state index >= 15 is 0 Å². The van der Waals surface area contributed by atoms with Crippen LogP contribution < -0.4 is 10.2 Å². The van der Waals surface area contributed by atoms with E-state index in [1.54, 1.807) is 16.8 Å². The van der Waals surface area contributed by atoms with E-state index in [1.807, 2.05) is 6.20 Å². The lowest BCUT2D eigenvalue weighted by molar-refractivity contribution is 0.111. The van der Waals surface area contributed by atoms with E-state index in [0.29, 0.717) is 6.29 Å². The number of aromatic nitrogens is 1. The molecule has 0 saturated heterocycles. The molecule has 0 aliphatic carbocycles. The fraction of sp³-hybridized carbons (Fsp3) is 0.630. The molecule has 0 spiro atoms. The number of allylic oxidation sites excluding steroid dienone is 1. The quantitative estimate of drug-likeness (QED) is 0.122. The Morgan fingerprint density at radius 2 is 1.45 bits per heavy atom. The minimum absolute atomic E-state index is 0.0820. The second-order valence-corrected chi connectivity index (χ2v) is 8.29. The highest BCUT2D eigenvalue weighted by atomic mass is 16.5. The highest BCUT2D eigenvalue weighted by Crippen LogP contribution is 2.14. The Balaban J connectivity index is 2.12. The average Bonchev–Trinajstić information content (AvgIpc) is 2.78. The van der Waals surface area contributed by atoms with Gasteiger partial charge < -0.3 is 9.30 Å². The van der Waals surface area contributed by atoms with Gasteiger partial charge in [0.15, 0.2) is 12.0 Å². The van der Waals surface area contributed by atoms with Gasteiger partial charge in [-0.2, -0.15) is 0 Å². The van der Waals surface area contributed by atoms with Crippen LogP contribution in [0, 0.1) is 0 Å². The molecular weight excluding hydrogens is 386 g/mol. The molecule has 0 radical (unpaired) electrons. The summed E-state index contributed by atoms with van der Waals surface area (Å²) >= 11 is 0. The summed E-state index contributed by atoms with van der Waals surface area (Å²) in [5.41, 5.74) is -0.0490. The van der Waals surface area contributed by atoms with Crippen molar-refractivity contribution in [2.75, 3.05) is 6.61 Å². The number of aldehydes is 1. The Bertz CT molecular complexity index is 690. The number of carbonyl (C=O) groups is 1. The maximum atomic E-state index is 11.9. The molecular formula is C27H43NO3. The lowest BCUT2D eigenvalue weighted by Crippen LogP contribution is -2.14. The fourth-order valence-electron chi connectivity index (χ4n) is 3.72. The van der Waals surface area contributed by atoms with Crippen molar-refractivity contribution >= 4 is 12.5 Å². The number of hydrogen-bond donors (Lipinski definition) is 0. The predicted octanol–water partition coefficient (Wildman–Crippen LogP) is 7.57. The minimum Gasteiger partial charge on any atom is -0.483 e. The van der Waals surface area contributed by atoms with Gasteiger partial charge in [0.05, 0.1) is 0 Å². The van der Waals surface area contributed by atoms with E-state index in [0.717, 1.165) is 12.8 Å². The molecule has 0 saturated carbocycles. The van der Waals surface area contributed by atoms with Gasteiger partial charge in [-0.05, 0) is 12.8 Å². The van der Waals surface area contributed by atoms with Gasteiger partial charge in [-0.1, -0.05) is 109 Å². The van der Waals surface area contributed by atoms with Gasteiger partial charge in [0.2, 0.25) is 5.43 Å². The molecule has 0 fully saturated rings. The second-order valence-electron chi connectivity index (χ2n) is 8.29. The second kappa shape index (κ2) is 18.7. The molecule has 1 aromatic heterocycles. The first-order valence-corrected chi connectivity index (χ1v) is 12.3. The molecule has 0 atom stereocenters. The number of carbonyl (C=O) groups excluding carboxylic acids is 1.